The van der Waals surface area contributed by atoms with Crippen molar-refractivity contribution in [3.63, 3.8) is 0 Å². The van der Waals surface area contributed by atoms with Gasteiger partial charge in [-0.2, -0.15) is 0 Å². The van der Waals surface area contributed by atoms with Gasteiger partial charge in [0.2, 0.25) is 5.91 Å². The van der Waals surface area contributed by atoms with Crippen LogP contribution < -0.4 is 10.1 Å². The van der Waals surface area contributed by atoms with Crippen LogP contribution in [0.4, 0.5) is 0 Å². The van der Waals surface area contributed by atoms with Gasteiger partial charge in [-0.3, -0.25) is 4.79 Å². The fraction of sp³-hybridized carbons (Fsp3) is 0.588. The minimum absolute atomic E-state index is 0.149. The lowest BCUT2D eigenvalue weighted by Gasteiger charge is -2.11. The van der Waals surface area contributed by atoms with Crippen molar-refractivity contribution in [3.8, 4) is 5.75 Å². The van der Waals surface area contributed by atoms with Gasteiger partial charge in [-0.25, -0.2) is 0 Å². The Labute approximate surface area is 128 Å². The maximum absolute atomic E-state index is 11.4. The fourth-order valence-electron chi connectivity index (χ4n) is 1.77. The van der Waals surface area contributed by atoms with Gasteiger partial charge in [0.25, 0.3) is 0 Å². The van der Waals surface area contributed by atoms with Crippen molar-refractivity contribution < 1.29 is 9.53 Å². The lowest BCUT2D eigenvalue weighted by Crippen LogP contribution is -2.26. The van der Waals surface area contributed by atoms with Gasteiger partial charge >= 0.3 is 0 Å². The molecular formula is C17H28N2O2. The zero-order valence-corrected chi connectivity index (χ0v) is 13.7. The third-order valence-corrected chi connectivity index (χ3v) is 3.23. The quantitative estimate of drug-likeness (QED) is 0.712. The molecule has 1 aromatic rings. The summed E-state index contributed by atoms with van der Waals surface area (Å²) in [4.78, 5) is 13.0. The average Bonchev–Trinajstić information content (AvgIpc) is 2.44. The van der Waals surface area contributed by atoms with Gasteiger partial charge in [-0.15, -0.1) is 0 Å². The standard InChI is InChI=1S/C17H28N2O2/c1-14(2)10-12-21-16-7-5-15(6-8-16)13-18-11-9-17(20)19(3)4/h5-8,14,18H,9-13H2,1-4H3. The summed E-state index contributed by atoms with van der Waals surface area (Å²) in [5.41, 5.74) is 1.20. The highest BCUT2D eigenvalue weighted by Gasteiger charge is 2.02. The number of carbonyl (C=O) groups excluding carboxylic acids is 1. The van der Waals surface area contributed by atoms with E-state index < -0.39 is 0 Å². The number of hydrogen-bond acceptors (Lipinski definition) is 3. The highest BCUT2D eigenvalue weighted by Crippen LogP contribution is 2.13. The molecule has 0 heterocycles. The lowest BCUT2D eigenvalue weighted by atomic mass is 10.1. The Bertz CT molecular complexity index is 413. The van der Waals surface area contributed by atoms with Crippen LogP contribution in [0.3, 0.4) is 0 Å². The number of amides is 1. The van der Waals surface area contributed by atoms with Crippen LogP contribution in [0.5, 0.6) is 5.75 Å². The number of nitrogens with zero attached hydrogens (tertiary/aromatic N) is 1. The van der Waals surface area contributed by atoms with Gasteiger partial charge in [0.1, 0.15) is 5.75 Å². The zero-order valence-electron chi connectivity index (χ0n) is 13.7. The van der Waals surface area contributed by atoms with Crippen LogP contribution in [-0.4, -0.2) is 38.1 Å². The molecule has 0 unspecified atom stereocenters. The first kappa shape index (κ1) is 17.5. The Balaban J connectivity index is 2.23. The Kier molecular flexibility index (Phi) is 7.83. The van der Waals surface area contributed by atoms with Crippen LogP contribution in [0.2, 0.25) is 0 Å². The van der Waals surface area contributed by atoms with Crippen LogP contribution in [0.25, 0.3) is 0 Å². The number of hydrogen-bond donors (Lipinski definition) is 1. The van der Waals surface area contributed by atoms with Gasteiger partial charge in [0, 0.05) is 33.6 Å². The second kappa shape index (κ2) is 9.40. The molecule has 1 aromatic carbocycles. The molecule has 118 valence electrons. The molecule has 0 saturated carbocycles. The number of ether oxygens (including phenoxy) is 1. The Morgan fingerprint density at radius 3 is 2.48 bits per heavy atom. The highest BCUT2D eigenvalue weighted by atomic mass is 16.5. The molecule has 1 rings (SSSR count). The van der Waals surface area contributed by atoms with Gasteiger partial charge in [0.05, 0.1) is 6.61 Å². The predicted molar refractivity (Wildman–Crippen MR) is 86.4 cm³/mol. The van der Waals surface area contributed by atoms with E-state index in [2.05, 4.69) is 31.3 Å². The molecule has 0 aliphatic carbocycles. The average molecular weight is 292 g/mol. The maximum Gasteiger partial charge on any atom is 0.223 e. The molecule has 4 heteroatoms. The second-order valence-electron chi connectivity index (χ2n) is 5.89. The summed E-state index contributed by atoms with van der Waals surface area (Å²) in [7, 11) is 3.56. The first-order valence-electron chi connectivity index (χ1n) is 7.61. The van der Waals surface area contributed by atoms with E-state index >= 15 is 0 Å². The Morgan fingerprint density at radius 2 is 1.90 bits per heavy atom. The van der Waals surface area contributed by atoms with Crippen molar-refractivity contribution in [2.24, 2.45) is 5.92 Å². The topological polar surface area (TPSA) is 41.6 Å². The van der Waals surface area contributed by atoms with Crippen LogP contribution in [0.1, 0.15) is 32.3 Å². The Morgan fingerprint density at radius 1 is 1.24 bits per heavy atom. The van der Waals surface area contributed by atoms with E-state index in [-0.39, 0.29) is 5.91 Å². The molecular weight excluding hydrogens is 264 g/mol. The van der Waals surface area contributed by atoms with Crippen molar-refractivity contribution >= 4 is 5.91 Å². The molecule has 0 atom stereocenters. The minimum Gasteiger partial charge on any atom is -0.494 e. The van der Waals surface area contributed by atoms with Crippen molar-refractivity contribution in [3.05, 3.63) is 29.8 Å². The lowest BCUT2D eigenvalue weighted by molar-refractivity contribution is -0.128. The molecule has 0 radical (unpaired) electrons. The van der Waals surface area contributed by atoms with Crippen molar-refractivity contribution in [1.29, 1.82) is 0 Å². The van der Waals surface area contributed by atoms with Crippen LogP contribution in [-0.2, 0) is 11.3 Å². The van der Waals surface area contributed by atoms with E-state index in [1.54, 1.807) is 19.0 Å². The van der Waals surface area contributed by atoms with Crippen LogP contribution >= 0.6 is 0 Å². The van der Waals surface area contributed by atoms with E-state index in [4.69, 9.17) is 4.74 Å². The summed E-state index contributed by atoms with van der Waals surface area (Å²) in [5.74, 6) is 1.73. The first-order valence-corrected chi connectivity index (χ1v) is 7.61. The van der Waals surface area contributed by atoms with Gasteiger partial charge in [-0.1, -0.05) is 26.0 Å². The monoisotopic (exact) mass is 292 g/mol. The highest BCUT2D eigenvalue weighted by molar-refractivity contribution is 5.75. The zero-order chi connectivity index (χ0) is 15.7. The number of benzene rings is 1. The number of carbonyl (C=O) groups is 1. The van der Waals surface area contributed by atoms with Crippen molar-refractivity contribution in [2.45, 2.75) is 33.2 Å². The minimum atomic E-state index is 0.149. The maximum atomic E-state index is 11.4. The molecule has 0 aliphatic rings. The number of nitrogens with one attached hydrogen (secondary N) is 1. The van der Waals surface area contributed by atoms with Crippen LogP contribution in [0, 0.1) is 5.92 Å². The van der Waals surface area contributed by atoms with Gasteiger partial charge in [0.15, 0.2) is 0 Å². The van der Waals surface area contributed by atoms with E-state index in [9.17, 15) is 4.79 Å². The van der Waals surface area contributed by atoms with E-state index in [1.807, 2.05) is 12.1 Å². The smallest absolute Gasteiger partial charge is 0.223 e. The molecule has 0 aliphatic heterocycles. The first-order chi connectivity index (χ1) is 9.99. The summed E-state index contributed by atoms with van der Waals surface area (Å²) < 4.78 is 5.68. The SMILES string of the molecule is CC(C)CCOc1ccc(CNCCC(=O)N(C)C)cc1. The third-order valence-electron chi connectivity index (χ3n) is 3.23. The van der Waals surface area contributed by atoms with Gasteiger partial charge in [-0.05, 0) is 30.0 Å². The molecule has 0 bridgehead atoms. The van der Waals surface area contributed by atoms with Crippen molar-refractivity contribution in [2.75, 3.05) is 27.2 Å². The second-order valence-corrected chi connectivity index (χ2v) is 5.89. The molecule has 21 heavy (non-hydrogen) atoms. The largest absolute Gasteiger partial charge is 0.494 e. The number of rotatable bonds is 9. The Hall–Kier alpha value is -1.55. The fourth-order valence-corrected chi connectivity index (χ4v) is 1.77. The van der Waals surface area contributed by atoms with Gasteiger partial charge < -0.3 is 15.0 Å². The molecule has 1 amide bonds. The van der Waals surface area contributed by atoms with E-state index in [0.29, 0.717) is 18.9 Å². The normalized spacial score (nSPS) is 10.7. The molecule has 0 fully saturated rings. The van der Waals surface area contributed by atoms with E-state index in [1.165, 1.54) is 5.56 Å². The summed E-state index contributed by atoms with van der Waals surface area (Å²) in [6.07, 6.45) is 1.60. The summed E-state index contributed by atoms with van der Waals surface area (Å²) in [5, 5.41) is 3.28. The third kappa shape index (κ3) is 7.71. The van der Waals surface area contributed by atoms with Crippen molar-refractivity contribution in [1.82, 2.24) is 10.2 Å². The van der Waals surface area contributed by atoms with E-state index in [0.717, 1.165) is 25.3 Å². The molecule has 4 nitrogen and oxygen atoms in total. The molecule has 0 spiro atoms. The summed E-state index contributed by atoms with van der Waals surface area (Å²) in [6.45, 7) is 6.62. The summed E-state index contributed by atoms with van der Waals surface area (Å²) in [6, 6.07) is 8.13. The molecule has 0 saturated heterocycles. The molecule has 1 N–H and O–H groups in total. The molecule has 0 aromatic heterocycles. The van der Waals surface area contributed by atoms with Crippen LogP contribution in [0.15, 0.2) is 24.3 Å². The summed E-state index contributed by atoms with van der Waals surface area (Å²) >= 11 is 0. The predicted octanol–water partition coefficient (Wildman–Crippen LogP) is 2.68.